The molecule has 0 aromatic heterocycles. The third-order valence-electron chi connectivity index (χ3n) is 2.36. The molecule has 4 nitrogen and oxygen atoms in total. The Balaban J connectivity index is 2.46. The van der Waals surface area contributed by atoms with Gasteiger partial charge in [0.25, 0.3) is 0 Å². The van der Waals surface area contributed by atoms with E-state index < -0.39 is 0 Å². The lowest BCUT2D eigenvalue weighted by atomic mass is 9.95. The van der Waals surface area contributed by atoms with E-state index in [1.165, 1.54) is 0 Å². The topological polar surface area (TPSA) is 67.2 Å². The number of hydrogen-bond acceptors (Lipinski definition) is 3. The summed E-state index contributed by atoms with van der Waals surface area (Å²) in [7, 11) is 0. The van der Waals surface area contributed by atoms with E-state index in [0.717, 1.165) is 26.1 Å². The molecule has 0 bridgehead atoms. The minimum atomic E-state index is -0.196. The van der Waals surface area contributed by atoms with Gasteiger partial charge in [0.15, 0.2) is 0 Å². The maximum absolute atomic E-state index is 11.0. The molecule has 1 amide bonds. The number of rotatable bonds is 3. The van der Waals surface area contributed by atoms with Crippen LogP contribution in [0.4, 0.5) is 0 Å². The van der Waals surface area contributed by atoms with Crippen molar-refractivity contribution in [1.29, 1.82) is 0 Å². The van der Waals surface area contributed by atoms with Crippen molar-refractivity contribution in [2.45, 2.75) is 19.4 Å². The van der Waals surface area contributed by atoms with Crippen molar-refractivity contribution in [2.24, 2.45) is 11.7 Å². The Labute approximate surface area is 72.9 Å². The predicted octanol–water partition coefficient (Wildman–Crippen LogP) is -0.941. The Kier molecular flexibility index (Phi) is 3.49. The monoisotopic (exact) mass is 171 g/mol. The summed E-state index contributed by atoms with van der Waals surface area (Å²) in [5.74, 6) is -0.225. The van der Waals surface area contributed by atoms with Gasteiger partial charge in [-0.2, -0.15) is 0 Å². The Bertz CT molecular complexity index is 154. The average Bonchev–Trinajstić information content (AvgIpc) is 2.07. The van der Waals surface area contributed by atoms with E-state index in [1.807, 2.05) is 6.92 Å². The fraction of sp³-hybridized carbons (Fsp3) is 0.875. The summed E-state index contributed by atoms with van der Waals surface area (Å²) in [6, 6.07) is 0.223. The molecule has 4 heteroatoms. The van der Waals surface area contributed by atoms with E-state index in [1.54, 1.807) is 0 Å². The zero-order chi connectivity index (χ0) is 8.97. The lowest BCUT2D eigenvalue weighted by molar-refractivity contribution is -0.122. The number of nitrogens with one attached hydrogen (secondary N) is 2. The van der Waals surface area contributed by atoms with Gasteiger partial charge < -0.3 is 16.4 Å². The minimum absolute atomic E-state index is 0.0298. The Morgan fingerprint density at radius 2 is 2.42 bits per heavy atom. The maximum atomic E-state index is 11.0. The minimum Gasteiger partial charge on any atom is -0.369 e. The van der Waals surface area contributed by atoms with Crippen molar-refractivity contribution in [2.75, 3.05) is 19.6 Å². The summed E-state index contributed by atoms with van der Waals surface area (Å²) in [5, 5.41) is 6.52. The number of amides is 1. The van der Waals surface area contributed by atoms with Crippen LogP contribution < -0.4 is 16.4 Å². The van der Waals surface area contributed by atoms with E-state index in [0.29, 0.717) is 0 Å². The van der Waals surface area contributed by atoms with E-state index in [2.05, 4.69) is 10.6 Å². The van der Waals surface area contributed by atoms with Gasteiger partial charge in [0.1, 0.15) is 0 Å². The summed E-state index contributed by atoms with van der Waals surface area (Å²) in [6.45, 7) is 4.74. The standard InChI is InChI=1S/C8H17N3O/c1-2-6(8(9)12)7-5-10-3-4-11-7/h6-7,10-11H,2-5H2,1H3,(H2,9,12). The molecule has 4 N–H and O–H groups in total. The van der Waals surface area contributed by atoms with Crippen molar-refractivity contribution in [3.63, 3.8) is 0 Å². The van der Waals surface area contributed by atoms with E-state index in [9.17, 15) is 4.79 Å². The third-order valence-corrected chi connectivity index (χ3v) is 2.36. The molecule has 0 aromatic rings. The Hall–Kier alpha value is -0.610. The molecular formula is C8H17N3O. The molecule has 0 aliphatic carbocycles. The molecule has 0 aromatic carbocycles. The van der Waals surface area contributed by atoms with Crippen LogP contribution in [-0.4, -0.2) is 31.6 Å². The van der Waals surface area contributed by atoms with E-state index >= 15 is 0 Å². The van der Waals surface area contributed by atoms with Crippen LogP contribution in [0.15, 0.2) is 0 Å². The van der Waals surface area contributed by atoms with Crippen molar-refractivity contribution in [1.82, 2.24) is 10.6 Å². The van der Waals surface area contributed by atoms with Gasteiger partial charge in [-0.25, -0.2) is 0 Å². The van der Waals surface area contributed by atoms with Gasteiger partial charge in [-0.15, -0.1) is 0 Å². The Morgan fingerprint density at radius 3 is 2.83 bits per heavy atom. The van der Waals surface area contributed by atoms with E-state index in [4.69, 9.17) is 5.73 Å². The largest absolute Gasteiger partial charge is 0.369 e. The normalized spacial score (nSPS) is 26.6. The van der Waals surface area contributed by atoms with Gasteiger partial charge in [0.2, 0.25) is 5.91 Å². The smallest absolute Gasteiger partial charge is 0.222 e. The first kappa shape index (κ1) is 9.48. The lowest BCUT2D eigenvalue weighted by Crippen LogP contribution is -2.54. The van der Waals surface area contributed by atoms with Gasteiger partial charge in [0.05, 0.1) is 5.92 Å². The molecule has 1 aliphatic heterocycles. The summed E-state index contributed by atoms with van der Waals surface area (Å²) >= 11 is 0. The fourth-order valence-corrected chi connectivity index (χ4v) is 1.64. The molecular weight excluding hydrogens is 154 g/mol. The van der Waals surface area contributed by atoms with Crippen LogP contribution in [0.5, 0.6) is 0 Å². The number of nitrogens with two attached hydrogens (primary N) is 1. The van der Waals surface area contributed by atoms with Crippen LogP contribution >= 0.6 is 0 Å². The van der Waals surface area contributed by atoms with Crippen molar-refractivity contribution in [3.05, 3.63) is 0 Å². The van der Waals surface area contributed by atoms with Crippen LogP contribution in [0.1, 0.15) is 13.3 Å². The maximum Gasteiger partial charge on any atom is 0.222 e. The van der Waals surface area contributed by atoms with Gasteiger partial charge in [-0.3, -0.25) is 4.79 Å². The van der Waals surface area contributed by atoms with Crippen LogP contribution in [-0.2, 0) is 4.79 Å². The van der Waals surface area contributed by atoms with Crippen molar-refractivity contribution >= 4 is 5.91 Å². The zero-order valence-corrected chi connectivity index (χ0v) is 7.47. The van der Waals surface area contributed by atoms with Crippen molar-refractivity contribution < 1.29 is 4.79 Å². The number of carbonyl (C=O) groups is 1. The summed E-state index contributed by atoms with van der Waals surface area (Å²) in [5.41, 5.74) is 5.27. The summed E-state index contributed by atoms with van der Waals surface area (Å²) in [6.07, 6.45) is 0.814. The molecule has 1 aliphatic rings. The first-order chi connectivity index (χ1) is 5.75. The molecule has 70 valence electrons. The molecule has 1 rings (SSSR count). The second-order valence-corrected chi connectivity index (χ2v) is 3.18. The molecule has 12 heavy (non-hydrogen) atoms. The van der Waals surface area contributed by atoms with Gasteiger partial charge in [0, 0.05) is 25.7 Å². The molecule has 1 saturated heterocycles. The van der Waals surface area contributed by atoms with Crippen molar-refractivity contribution in [3.8, 4) is 0 Å². The van der Waals surface area contributed by atoms with Crippen LogP contribution in [0, 0.1) is 5.92 Å². The highest BCUT2D eigenvalue weighted by molar-refractivity contribution is 5.77. The second-order valence-electron chi connectivity index (χ2n) is 3.18. The van der Waals surface area contributed by atoms with Crippen LogP contribution in [0.2, 0.25) is 0 Å². The number of hydrogen-bond donors (Lipinski definition) is 3. The molecule has 2 unspecified atom stereocenters. The molecule has 0 spiro atoms. The first-order valence-electron chi connectivity index (χ1n) is 4.49. The molecule has 1 fully saturated rings. The third kappa shape index (κ3) is 2.19. The SMILES string of the molecule is CCC(C(N)=O)C1CNCCN1. The Morgan fingerprint density at radius 1 is 1.67 bits per heavy atom. The summed E-state index contributed by atoms with van der Waals surface area (Å²) < 4.78 is 0. The van der Waals surface area contributed by atoms with Crippen LogP contribution in [0.25, 0.3) is 0 Å². The van der Waals surface area contributed by atoms with Gasteiger partial charge >= 0.3 is 0 Å². The second kappa shape index (κ2) is 4.42. The first-order valence-corrected chi connectivity index (χ1v) is 4.49. The highest BCUT2D eigenvalue weighted by Crippen LogP contribution is 2.08. The van der Waals surface area contributed by atoms with Crippen LogP contribution in [0.3, 0.4) is 0 Å². The number of carbonyl (C=O) groups excluding carboxylic acids is 1. The van der Waals surface area contributed by atoms with E-state index in [-0.39, 0.29) is 17.9 Å². The van der Waals surface area contributed by atoms with Gasteiger partial charge in [-0.05, 0) is 6.42 Å². The number of primary amides is 1. The predicted molar refractivity (Wildman–Crippen MR) is 47.6 cm³/mol. The lowest BCUT2D eigenvalue weighted by Gasteiger charge is -2.29. The number of piperazine rings is 1. The molecule has 2 atom stereocenters. The molecule has 1 heterocycles. The molecule has 0 radical (unpaired) electrons. The fourth-order valence-electron chi connectivity index (χ4n) is 1.64. The highest BCUT2D eigenvalue weighted by Gasteiger charge is 2.25. The quantitative estimate of drug-likeness (QED) is 0.513. The zero-order valence-electron chi connectivity index (χ0n) is 7.47. The highest BCUT2D eigenvalue weighted by atomic mass is 16.1. The van der Waals surface area contributed by atoms with Gasteiger partial charge in [-0.1, -0.05) is 6.92 Å². The average molecular weight is 171 g/mol. The molecule has 0 saturated carbocycles. The summed E-state index contributed by atoms with van der Waals surface area (Å²) in [4.78, 5) is 11.0.